The maximum atomic E-state index is 11.2. The van der Waals surface area contributed by atoms with Crippen molar-refractivity contribution in [2.24, 2.45) is 5.73 Å². The van der Waals surface area contributed by atoms with Crippen LogP contribution in [0.15, 0.2) is 24.3 Å². The third-order valence-corrected chi connectivity index (χ3v) is 2.11. The van der Waals surface area contributed by atoms with Crippen LogP contribution in [0.4, 0.5) is 0 Å². The summed E-state index contributed by atoms with van der Waals surface area (Å²) in [4.78, 5) is 32.8. The van der Waals surface area contributed by atoms with E-state index in [2.05, 4.69) is 5.32 Å². The summed E-state index contributed by atoms with van der Waals surface area (Å²) in [5.41, 5.74) is 6.29. The van der Waals surface area contributed by atoms with Gasteiger partial charge in [-0.1, -0.05) is 12.1 Å². The molecular formula is C12H14N2O3. The lowest BCUT2D eigenvalue weighted by atomic mass is 10.1. The first-order valence-electron chi connectivity index (χ1n) is 5.14. The Hall–Kier alpha value is -2.17. The lowest BCUT2D eigenvalue weighted by Gasteiger charge is -2.05. The molecular weight excluding hydrogens is 220 g/mol. The van der Waals surface area contributed by atoms with Gasteiger partial charge in [0, 0.05) is 12.1 Å². The number of hydrogen-bond donors (Lipinski definition) is 2. The van der Waals surface area contributed by atoms with Crippen molar-refractivity contribution in [3.8, 4) is 0 Å². The average Bonchev–Trinajstić information content (AvgIpc) is 2.26. The van der Waals surface area contributed by atoms with Crippen molar-refractivity contribution in [2.45, 2.75) is 19.9 Å². The third kappa shape index (κ3) is 4.46. The zero-order chi connectivity index (χ0) is 12.8. The largest absolute Gasteiger partial charge is 0.366 e. The Kier molecular flexibility index (Phi) is 4.39. The Morgan fingerprint density at radius 2 is 2.00 bits per heavy atom. The molecule has 90 valence electrons. The van der Waals surface area contributed by atoms with E-state index in [-0.39, 0.29) is 24.7 Å². The van der Waals surface area contributed by atoms with E-state index in [1.165, 1.54) is 6.92 Å². The van der Waals surface area contributed by atoms with Crippen LogP contribution in [0, 0.1) is 0 Å². The highest BCUT2D eigenvalue weighted by molar-refractivity contribution is 5.96. The van der Waals surface area contributed by atoms with E-state index < -0.39 is 5.91 Å². The number of benzene rings is 1. The Bertz CT molecular complexity index is 455. The van der Waals surface area contributed by atoms with Crippen molar-refractivity contribution >= 4 is 17.6 Å². The summed E-state index contributed by atoms with van der Waals surface area (Å²) in [6, 6.07) is 6.66. The highest BCUT2D eigenvalue weighted by atomic mass is 16.2. The van der Waals surface area contributed by atoms with E-state index in [1.54, 1.807) is 24.3 Å². The van der Waals surface area contributed by atoms with Gasteiger partial charge in [0.15, 0.2) is 0 Å². The molecule has 0 saturated carbocycles. The first-order valence-corrected chi connectivity index (χ1v) is 5.14. The summed E-state index contributed by atoms with van der Waals surface area (Å²) in [5, 5.41) is 2.58. The van der Waals surface area contributed by atoms with Crippen LogP contribution in [0.2, 0.25) is 0 Å². The Morgan fingerprint density at radius 1 is 1.29 bits per heavy atom. The molecule has 0 aliphatic carbocycles. The molecule has 0 aliphatic heterocycles. The highest BCUT2D eigenvalue weighted by Crippen LogP contribution is 2.04. The number of Topliss-reactive ketones (excluding diaryl/α,β-unsaturated/α-hetero) is 1. The number of rotatable bonds is 5. The first kappa shape index (κ1) is 12.9. The Morgan fingerprint density at radius 3 is 2.59 bits per heavy atom. The number of hydrogen-bond acceptors (Lipinski definition) is 3. The van der Waals surface area contributed by atoms with Crippen LogP contribution < -0.4 is 11.1 Å². The van der Waals surface area contributed by atoms with Crippen LogP contribution in [0.3, 0.4) is 0 Å². The second kappa shape index (κ2) is 5.79. The first-order chi connectivity index (χ1) is 7.99. The fraction of sp³-hybridized carbons (Fsp3) is 0.250. The van der Waals surface area contributed by atoms with Crippen molar-refractivity contribution in [3.63, 3.8) is 0 Å². The molecule has 1 rings (SSSR count). The summed E-state index contributed by atoms with van der Waals surface area (Å²) in [7, 11) is 0. The van der Waals surface area contributed by atoms with Gasteiger partial charge in [0.2, 0.25) is 11.8 Å². The van der Waals surface area contributed by atoms with E-state index >= 15 is 0 Å². The number of nitrogens with two attached hydrogens (primary N) is 1. The fourth-order valence-electron chi connectivity index (χ4n) is 1.32. The summed E-state index contributed by atoms with van der Waals surface area (Å²) >= 11 is 0. The minimum absolute atomic E-state index is 0.129. The zero-order valence-electron chi connectivity index (χ0n) is 9.53. The summed E-state index contributed by atoms with van der Waals surface area (Å²) in [6.45, 7) is 1.63. The van der Waals surface area contributed by atoms with E-state index in [0.717, 1.165) is 5.56 Å². The molecule has 0 spiro atoms. The van der Waals surface area contributed by atoms with Gasteiger partial charge < -0.3 is 11.1 Å². The van der Waals surface area contributed by atoms with Crippen LogP contribution in [-0.4, -0.2) is 17.6 Å². The van der Waals surface area contributed by atoms with Crippen molar-refractivity contribution in [1.29, 1.82) is 0 Å². The van der Waals surface area contributed by atoms with Gasteiger partial charge in [0.25, 0.3) is 0 Å². The lowest BCUT2D eigenvalue weighted by Crippen LogP contribution is -2.24. The van der Waals surface area contributed by atoms with Gasteiger partial charge in [-0.3, -0.25) is 14.4 Å². The van der Waals surface area contributed by atoms with Crippen molar-refractivity contribution in [2.75, 3.05) is 0 Å². The normalized spacial score (nSPS) is 9.71. The molecule has 5 nitrogen and oxygen atoms in total. The van der Waals surface area contributed by atoms with Crippen LogP contribution >= 0.6 is 0 Å². The minimum atomic E-state index is -0.512. The molecule has 0 unspecified atom stereocenters. The van der Waals surface area contributed by atoms with E-state index in [0.29, 0.717) is 5.56 Å². The second-order valence-corrected chi connectivity index (χ2v) is 3.72. The number of carbonyl (C=O) groups excluding carboxylic acids is 3. The number of carbonyl (C=O) groups is 3. The highest BCUT2D eigenvalue weighted by Gasteiger charge is 2.05. The number of amides is 2. The van der Waals surface area contributed by atoms with Crippen molar-refractivity contribution < 1.29 is 14.4 Å². The van der Waals surface area contributed by atoms with Gasteiger partial charge in [-0.05, 0) is 24.6 Å². The van der Waals surface area contributed by atoms with Crippen molar-refractivity contribution in [3.05, 3.63) is 35.4 Å². The molecule has 3 N–H and O–H groups in total. The van der Waals surface area contributed by atoms with Gasteiger partial charge in [-0.2, -0.15) is 0 Å². The van der Waals surface area contributed by atoms with Gasteiger partial charge in [0.1, 0.15) is 5.78 Å². The number of nitrogens with one attached hydrogen (secondary N) is 1. The molecule has 0 aliphatic rings. The number of ketones is 1. The molecule has 0 saturated heterocycles. The van der Waals surface area contributed by atoms with Crippen molar-refractivity contribution in [1.82, 2.24) is 5.32 Å². The number of primary amides is 1. The van der Waals surface area contributed by atoms with Gasteiger partial charge in [-0.15, -0.1) is 0 Å². The predicted octanol–water partition coefficient (Wildman–Crippen LogP) is 0.381. The topological polar surface area (TPSA) is 89.3 Å². The zero-order valence-corrected chi connectivity index (χ0v) is 9.53. The molecule has 17 heavy (non-hydrogen) atoms. The van der Waals surface area contributed by atoms with E-state index in [4.69, 9.17) is 5.73 Å². The SMILES string of the molecule is CC(=O)CC(=O)NCc1cccc(C(N)=O)c1. The maximum Gasteiger partial charge on any atom is 0.248 e. The van der Waals surface area contributed by atoms with Crippen LogP contribution in [0.5, 0.6) is 0 Å². The molecule has 0 heterocycles. The van der Waals surface area contributed by atoms with Crippen LogP contribution in [0.25, 0.3) is 0 Å². The minimum Gasteiger partial charge on any atom is -0.366 e. The standard InChI is InChI=1S/C12H14N2O3/c1-8(15)5-11(16)14-7-9-3-2-4-10(6-9)12(13)17/h2-4,6H,5,7H2,1H3,(H2,13,17)(H,14,16). The Labute approximate surface area is 99.0 Å². The maximum absolute atomic E-state index is 11.2. The molecule has 2 amide bonds. The summed E-state index contributed by atoms with van der Waals surface area (Å²) in [5.74, 6) is -1.03. The van der Waals surface area contributed by atoms with Gasteiger partial charge in [0.05, 0.1) is 6.42 Å². The van der Waals surface area contributed by atoms with Crippen LogP contribution in [-0.2, 0) is 16.1 Å². The lowest BCUT2D eigenvalue weighted by molar-refractivity contribution is -0.127. The predicted molar refractivity (Wildman–Crippen MR) is 62.1 cm³/mol. The summed E-state index contributed by atoms with van der Waals surface area (Å²) < 4.78 is 0. The summed E-state index contributed by atoms with van der Waals surface area (Å²) in [6.07, 6.45) is -0.129. The quantitative estimate of drug-likeness (QED) is 0.722. The molecule has 0 aromatic heterocycles. The van der Waals surface area contributed by atoms with E-state index in [9.17, 15) is 14.4 Å². The van der Waals surface area contributed by atoms with Gasteiger partial charge in [-0.25, -0.2) is 0 Å². The molecule has 1 aromatic rings. The molecule has 0 atom stereocenters. The van der Waals surface area contributed by atoms with Gasteiger partial charge >= 0.3 is 0 Å². The van der Waals surface area contributed by atoms with Crippen LogP contribution in [0.1, 0.15) is 29.3 Å². The molecule has 0 fully saturated rings. The second-order valence-electron chi connectivity index (χ2n) is 3.72. The fourth-order valence-corrected chi connectivity index (χ4v) is 1.32. The Balaban J connectivity index is 2.57. The molecule has 5 heteroatoms. The smallest absolute Gasteiger partial charge is 0.248 e. The molecule has 0 bridgehead atoms. The third-order valence-electron chi connectivity index (χ3n) is 2.11. The monoisotopic (exact) mass is 234 g/mol. The molecule has 0 radical (unpaired) electrons. The molecule has 1 aromatic carbocycles. The van der Waals surface area contributed by atoms with E-state index in [1.807, 2.05) is 0 Å². The average molecular weight is 234 g/mol.